The second kappa shape index (κ2) is 7.27. The summed E-state index contributed by atoms with van der Waals surface area (Å²) >= 11 is 0. The van der Waals surface area contributed by atoms with Crippen LogP contribution in [0.3, 0.4) is 0 Å². The van der Waals surface area contributed by atoms with Gasteiger partial charge in [0.05, 0.1) is 6.42 Å². The van der Waals surface area contributed by atoms with Crippen molar-refractivity contribution < 1.29 is 14.7 Å². The Kier molecular flexibility index (Phi) is 5.70. The molecule has 0 aromatic carbocycles. The van der Waals surface area contributed by atoms with Crippen LogP contribution in [0.15, 0.2) is 15.7 Å². The van der Waals surface area contributed by atoms with Crippen molar-refractivity contribution in [1.29, 1.82) is 0 Å². The fourth-order valence-corrected chi connectivity index (χ4v) is 1.61. The minimum absolute atomic E-state index is 0.0354. The molecule has 1 rings (SSSR count). The maximum absolute atomic E-state index is 11.6. The number of aliphatic carboxylic acids is 1. The number of aromatic amines is 2. The average molecular weight is 283 g/mol. The van der Waals surface area contributed by atoms with E-state index in [1.165, 1.54) is 0 Å². The number of amides is 1. The molecule has 0 aliphatic heterocycles. The summed E-state index contributed by atoms with van der Waals surface area (Å²) in [7, 11) is 0. The standard InChI is InChI=1S/C12H17N3O5/c1-7(2-3-11(18)19)6-13-9(16)4-8-5-10(17)15-12(20)14-8/h5,7H,2-4,6H2,1H3,(H,13,16)(H,18,19)(H2,14,15,17,20). The van der Waals surface area contributed by atoms with Crippen molar-refractivity contribution in [2.75, 3.05) is 6.54 Å². The Balaban J connectivity index is 2.42. The third kappa shape index (κ3) is 5.98. The normalized spacial score (nSPS) is 11.8. The van der Waals surface area contributed by atoms with Crippen LogP contribution in [0.25, 0.3) is 0 Å². The fraction of sp³-hybridized carbons (Fsp3) is 0.500. The molecule has 0 fully saturated rings. The molecule has 1 heterocycles. The number of carboxylic acids is 1. The highest BCUT2D eigenvalue weighted by Gasteiger charge is 2.09. The molecule has 1 atom stereocenters. The van der Waals surface area contributed by atoms with E-state index in [0.29, 0.717) is 13.0 Å². The van der Waals surface area contributed by atoms with Gasteiger partial charge in [-0.05, 0) is 12.3 Å². The monoisotopic (exact) mass is 283 g/mol. The molecule has 1 unspecified atom stereocenters. The van der Waals surface area contributed by atoms with Gasteiger partial charge in [0, 0.05) is 24.7 Å². The minimum atomic E-state index is -0.871. The van der Waals surface area contributed by atoms with Crippen LogP contribution in [-0.2, 0) is 16.0 Å². The molecule has 0 spiro atoms. The van der Waals surface area contributed by atoms with E-state index in [1.807, 2.05) is 11.9 Å². The van der Waals surface area contributed by atoms with Crippen molar-refractivity contribution in [2.45, 2.75) is 26.2 Å². The largest absolute Gasteiger partial charge is 0.481 e. The van der Waals surface area contributed by atoms with E-state index < -0.39 is 17.2 Å². The molecule has 0 bridgehead atoms. The molecule has 1 amide bonds. The molecule has 1 aromatic rings. The van der Waals surface area contributed by atoms with E-state index in [4.69, 9.17) is 5.11 Å². The molecule has 8 heteroatoms. The van der Waals surface area contributed by atoms with E-state index in [1.54, 1.807) is 0 Å². The molecular formula is C12H17N3O5. The van der Waals surface area contributed by atoms with Gasteiger partial charge in [-0.15, -0.1) is 0 Å². The summed E-state index contributed by atoms with van der Waals surface area (Å²) in [5.74, 6) is -1.18. The van der Waals surface area contributed by atoms with Gasteiger partial charge in [0.15, 0.2) is 0 Å². The van der Waals surface area contributed by atoms with Crippen LogP contribution in [0.1, 0.15) is 25.5 Å². The van der Waals surface area contributed by atoms with Gasteiger partial charge >= 0.3 is 11.7 Å². The smallest absolute Gasteiger partial charge is 0.325 e. The van der Waals surface area contributed by atoms with E-state index >= 15 is 0 Å². The third-order valence-electron chi connectivity index (χ3n) is 2.67. The zero-order valence-electron chi connectivity index (χ0n) is 11.1. The summed E-state index contributed by atoms with van der Waals surface area (Å²) in [4.78, 5) is 48.4. The maximum atomic E-state index is 11.6. The molecular weight excluding hydrogens is 266 g/mol. The van der Waals surface area contributed by atoms with E-state index in [2.05, 4.69) is 10.3 Å². The Morgan fingerprint density at radius 3 is 2.65 bits per heavy atom. The van der Waals surface area contributed by atoms with Crippen LogP contribution in [0.5, 0.6) is 0 Å². The topological polar surface area (TPSA) is 132 Å². The van der Waals surface area contributed by atoms with Gasteiger partial charge in [-0.3, -0.25) is 19.4 Å². The molecule has 1 aromatic heterocycles. The number of aromatic nitrogens is 2. The van der Waals surface area contributed by atoms with Crippen LogP contribution in [-0.4, -0.2) is 33.5 Å². The van der Waals surface area contributed by atoms with Crippen LogP contribution in [0.4, 0.5) is 0 Å². The van der Waals surface area contributed by atoms with Gasteiger partial charge in [-0.25, -0.2) is 4.79 Å². The van der Waals surface area contributed by atoms with Crippen LogP contribution < -0.4 is 16.6 Å². The van der Waals surface area contributed by atoms with Crippen molar-refractivity contribution in [1.82, 2.24) is 15.3 Å². The minimum Gasteiger partial charge on any atom is -0.481 e. The lowest BCUT2D eigenvalue weighted by molar-refractivity contribution is -0.137. The SMILES string of the molecule is CC(CCC(=O)O)CNC(=O)Cc1cc(=O)[nH]c(=O)[nH]1. The number of carbonyl (C=O) groups excluding carboxylic acids is 1. The summed E-state index contributed by atoms with van der Waals surface area (Å²) in [6.45, 7) is 2.18. The number of nitrogens with one attached hydrogen (secondary N) is 3. The lowest BCUT2D eigenvalue weighted by Gasteiger charge is -2.11. The van der Waals surface area contributed by atoms with E-state index in [-0.39, 0.29) is 30.4 Å². The Morgan fingerprint density at radius 1 is 1.35 bits per heavy atom. The number of carboxylic acid groups (broad SMARTS) is 1. The molecule has 110 valence electrons. The van der Waals surface area contributed by atoms with Crippen molar-refractivity contribution in [3.05, 3.63) is 32.6 Å². The highest BCUT2D eigenvalue weighted by atomic mass is 16.4. The highest BCUT2D eigenvalue weighted by molar-refractivity contribution is 5.78. The molecule has 0 aliphatic carbocycles. The number of hydrogen-bond donors (Lipinski definition) is 4. The predicted octanol–water partition coefficient (Wildman–Crippen LogP) is -0.777. The van der Waals surface area contributed by atoms with Gasteiger partial charge in [0.2, 0.25) is 5.91 Å². The number of rotatable bonds is 7. The molecule has 0 radical (unpaired) electrons. The fourth-order valence-electron chi connectivity index (χ4n) is 1.61. The van der Waals surface area contributed by atoms with Gasteiger partial charge in [0.1, 0.15) is 0 Å². The summed E-state index contributed by atoms with van der Waals surface area (Å²) in [5.41, 5.74) is -0.990. The third-order valence-corrected chi connectivity index (χ3v) is 2.67. The molecule has 20 heavy (non-hydrogen) atoms. The molecule has 0 saturated carbocycles. The lowest BCUT2D eigenvalue weighted by atomic mass is 10.1. The summed E-state index contributed by atoms with van der Waals surface area (Å²) in [6, 6.07) is 1.15. The Labute approximate surface area is 114 Å². The lowest BCUT2D eigenvalue weighted by Crippen LogP contribution is -2.31. The Bertz CT molecular complexity index is 561. The highest BCUT2D eigenvalue weighted by Crippen LogP contribution is 2.03. The Hall–Kier alpha value is -2.38. The van der Waals surface area contributed by atoms with Crippen molar-refractivity contribution in [3.8, 4) is 0 Å². The molecule has 8 nitrogen and oxygen atoms in total. The van der Waals surface area contributed by atoms with E-state index in [0.717, 1.165) is 6.07 Å². The number of H-pyrrole nitrogens is 2. The summed E-state index contributed by atoms with van der Waals surface area (Å²) in [6.07, 6.45) is 0.417. The van der Waals surface area contributed by atoms with Crippen molar-refractivity contribution >= 4 is 11.9 Å². The van der Waals surface area contributed by atoms with Crippen LogP contribution in [0, 0.1) is 5.92 Å². The second-order valence-electron chi connectivity index (χ2n) is 4.63. The number of carbonyl (C=O) groups is 2. The van der Waals surface area contributed by atoms with E-state index in [9.17, 15) is 19.2 Å². The quantitative estimate of drug-likeness (QED) is 0.521. The van der Waals surface area contributed by atoms with Crippen molar-refractivity contribution in [2.24, 2.45) is 5.92 Å². The molecule has 4 N–H and O–H groups in total. The molecule has 0 saturated heterocycles. The first kappa shape index (κ1) is 15.7. The molecule has 0 aliphatic rings. The first-order valence-corrected chi connectivity index (χ1v) is 6.18. The zero-order valence-corrected chi connectivity index (χ0v) is 11.1. The first-order valence-electron chi connectivity index (χ1n) is 6.18. The first-order chi connectivity index (χ1) is 9.36. The summed E-state index contributed by atoms with van der Waals surface area (Å²) in [5, 5.41) is 11.2. The summed E-state index contributed by atoms with van der Waals surface area (Å²) < 4.78 is 0. The van der Waals surface area contributed by atoms with Gasteiger partial charge in [0.25, 0.3) is 5.56 Å². The zero-order chi connectivity index (χ0) is 15.1. The van der Waals surface area contributed by atoms with Crippen LogP contribution >= 0.6 is 0 Å². The average Bonchev–Trinajstić information content (AvgIpc) is 2.32. The second-order valence-corrected chi connectivity index (χ2v) is 4.63. The Morgan fingerprint density at radius 2 is 2.05 bits per heavy atom. The van der Waals surface area contributed by atoms with Gasteiger partial charge in [-0.2, -0.15) is 0 Å². The van der Waals surface area contributed by atoms with Crippen molar-refractivity contribution in [3.63, 3.8) is 0 Å². The van der Waals surface area contributed by atoms with Gasteiger partial charge in [-0.1, -0.05) is 6.92 Å². The van der Waals surface area contributed by atoms with Crippen LogP contribution in [0.2, 0.25) is 0 Å². The van der Waals surface area contributed by atoms with Gasteiger partial charge < -0.3 is 15.4 Å². The predicted molar refractivity (Wildman–Crippen MR) is 70.4 cm³/mol. The number of hydrogen-bond acceptors (Lipinski definition) is 4. The maximum Gasteiger partial charge on any atom is 0.325 e.